The Balaban J connectivity index is 2.04. The number of anilines is 1. The van der Waals surface area contributed by atoms with Gasteiger partial charge < -0.3 is 14.8 Å². The van der Waals surface area contributed by atoms with Crippen LogP contribution in [0.1, 0.15) is 38.9 Å². The van der Waals surface area contributed by atoms with Gasteiger partial charge in [-0.1, -0.05) is 13.8 Å². The van der Waals surface area contributed by atoms with E-state index in [1.54, 1.807) is 0 Å². The Morgan fingerprint density at radius 3 is 2.79 bits per heavy atom. The second-order valence-electron chi connectivity index (χ2n) is 4.72. The molecular weight excluding hydrogens is 242 g/mol. The van der Waals surface area contributed by atoms with Gasteiger partial charge in [0.2, 0.25) is 5.88 Å². The summed E-state index contributed by atoms with van der Waals surface area (Å²) in [5.41, 5.74) is 0. The zero-order valence-electron chi connectivity index (χ0n) is 11.8. The Bertz CT molecular complexity index is 392. The van der Waals surface area contributed by atoms with Crippen LogP contribution in [-0.4, -0.2) is 35.8 Å². The molecule has 2 heterocycles. The van der Waals surface area contributed by atoms with Gasteiger partial charge in [0.25, 0.3) is 0 Å². The summed E-state index contributed by atoms with van der Waals surface area (Å²) in [5, 5.41) is 3.29. The molecule has 1 saturated heterocycles. The van der Waals surface area contributed by atoms with E-state index >= 15 is 0 Å². The third-order valence-corrected chi connectivity index (χ3v) is 3.08. The summed E-state index contributed by atoms with van der Waals surface area (Å²) < 4.78 is 11.3. The molecule has 1 aromatic heterocycles. The highest BCUT2D eigenvalue weighted by atomic mass is 16.5. The van der Waals surface area contributed by atoms with Crippen LogP contribution in [0.2, 0.25) is 0 Å². The maximum atomic E-state index is 5.95. The zero-order valence-corrected chi connectivity index (χ0v) is 11.8. The van der Waals surface area contributed by atoms with Crippen LogP contribution in [0.15, 0.2) is 6.07 Å². The van der Waals surface area contributed by atoms with Crippen molar-refractivity contribution in [3.05, 3.63) is 11.9 Å². The van der Waals surface area contributed by atoms with Crippen molar-refractivity contribution in [2.24, 2.45) is 0 Å². The van der Waals surface area contributed by atoms with Crippen molar-refractivity contribution >= 4 is 5.82 Å². The largest absolute Gasteiger partial charge is 0.474 e. The van der Waals surface area contributed by atoms with E-state index in [-0.39, 0.29) is 6.10 Å². The van der Waals surface area contributed by atoms with Crippen molar-refractivity contribution in [1.29, 1.82) is 0 Å². The van der Waals surface area contributed by atoms with Crippen molar-refractivity contribution in [2.75, 3.05) is 25.1 Å². The molecule has 0 saturated carbocycles. The van der Waals surface area contributed by atoms with E-state index in [0.29, 0.717) is 5.88 Å². The predicted octanol–water partition coefficient (Wildman–Crippen LogP) is 2.42. The number of ether oxygens (including phenoxy) is 2. The van der Waals surface area contributed by atoms with Crippen molar-refractivity contribution in [3.63, 3.8) is 0 Å². The van der Waals surface area contributed by atoms with Crippen LogP contribution in [0.5, 0.6) is 5.88 Å². The van der Waals surface area contributed by atoms with Crippen molar-refractivity contribution in [1.82, 2.24) is 9.97 Å². The first kappa shape index (κ1) is 14.1. The molecule has 1 aliphatic rings. The number of rotatable bonds is 6. The third-order valence-electron chi connectivity index (χ3n) is 3.08. The second kappa shape index (κ2) is 7.28. The lowest BCUT2D eigenvalue weighted by molar-refractivity contribution is 0.0236. The molecule has 0 radical (unpaired) electrons. The quantitative estimate of drug-likeness (QED) is 0.856. The SMILES string of the molecule is CCCNc1cc(OC2CCOCC2)nc(CC)n1. The van der Waals surface area contributed by atoms with E-state index in [9.17, 15) is 0 Å². The van der Waals surface area contributed by atoms with Crippen LogP contribution in [0.4, 0.5) is 5.82 Å². The van der Waals surface area contributed by atoms with Crippen LogP contribution in [0.25, 0.3) is 0 Å². The maximum absolute atomic E-state index is 5.95. The van der Waals surface area contributed by atoms with Gasteiger partial charge in [-0.25, -0.2) is 4.98 Å². The molecule has 1 N–H and O–H groups in total. The number of hydrogen-bond acceptors (Lipinski definition) is 5. The summed E-state index contributed by atoms with van der Waals surface area (Å²) in [6.45, 7) is 6.65. The number of aryl methyl sites for hydroxylation is 1. The van der Waals surface area contributed by atoms with Gasteiger partial charge >= 0.3 is 0 Å². The van der Waals surface area contributed by atoms with Gasteiger partial charge in [0.05, 0.1) is 13.2 Å². The van der Waals surface area contributed by atoms with E-state index < -0.39 is 0 Å². The Morgan fingerprint density at radius 1 is 1.32 bits per heavy atom. The highest BCUT2D eigenvalue weighted by molar-refractivity contribution is 5.38. The molecule has 1 aliphatic heterocycles. The monoisotopic (exact) mass is 265 g/mol. The van der Waals surface area contributed by atoms with Crippen molar-refractivity contribution < 1.29 is 9.47 Å². The highest BCUT2D eigenvalue weighted by Crippen LogP contribution is 2.19. The first-order valence-corrected chi connectivity index (χ1v) is 7.18. The third kappa shape index (κ3) is 4.35. The van der Waals surface area contributed by atoms with Gasteiger partial charge in [-0.2, -0.15) is 4.98 Å². The van der Waals surface area contributed by atoms with Crippen LogP contribution in [0, 0.1) is 0 Å². The summed E-state index contributed by atoms with van der Waals surface area (Å²) in [7, 11) is 0. The lowest BCUT2D eigenvalue weighted by Crippen LogP contribution is -2.26. The molecule has 0 spiro atoms. The molecule has 19 heavy (non-hydrogen) atoms. The van der Waals surface area contributed by atoms with Gasteiger partial charge in [0.15, 0.2) is 0 Å². The Hall–Kier alpha value is -1.36. The molecule has 0 atom stereocenters. The summed E-state index contributed by atoms with van der Waals surface area (Å²) >= 11 is 0. The van der Waals surface area contributed by atoms with Crippen LogP contribution >= 0.6 is 0 Å². The summed E-state index contributed by atoms with van der Waals surface area (Å²) in [5.74, 6) is 2.36. The number of nitrogens with one attached hydrogen (secondary N) is 1. The molecule has 2 rings (SSSR count). The van der Waals surface area contributed by atoms with Crippen LogP contribution in [0.3, 0.4) is 0 Å². The molecule has 0 bridgehead atoms. The first-order valence-electron chi connectivity index (χ1n) is 7.18. The fourth-order valence-electron chi connectivity index (χ4n) is 2.00. The fourth-order valence-corrected chi connectivity index (χ4v) is 2.00. The van der Waals surface area contributed by atoms with Crippen molar-refractivity contribution in [2.45, 2.75) is 45.6 Å². The minimum absolute atomic E-state index is 0.215. The maximum Gasteiger partial charge on any atom is 0.219 e. The summed E-state index contributed by atoms with van der Waals surface area (Å²) in [6.07, 6.45) is 3.96. The molecular formula is C14H23N3O2. The number of aromatic nitrogens is 2. The zero-order chi connectivity index (χ0) is 13.5. The average Bonchev–Trinajstić information content (AvgIpc) is 2.46. The fraction of sp³-hybridized carbons (Fsp3) is 0.714. The lowest BCUT2D eigenvalue weighted by Gasteiger charge is -2.23. The van der Waals surface area contributed by atoms with E-state index in [1.807, 2.05) is 6.07 Å². The summed E-state index contributed by atoms with van der Waals surface area (Å²) in [4.78, 5) is 8.90. The Kier molecular flexibility index (Phi) is 5.39. The van der Waals surface area contributed by atoms with Gasteiger partial charge in [0.1, 0.15) is 17.7 Å². The van der Waals surface area contributed by atoms with Gasteiger partial charge in [-0.3, -0.25) is 0 Å². The van der Waals surface area contributed by atoms with Crippen LogP contribution in [-0.2, 0) is 11.2 Å². The van der Waals surface area contributed by atoms with Gasteiger partial charge in [-0.05, 0) is 6.42 Å². The molecule has 0 aliphatic carbocycles. The van der Waals surface area contributed by atoms with E-state index in [2.05, 4.69) is 29.1 Å². The minimum atomic E-state index is 0.215. The Morgan fingerprint density at radius 2 is 2.11 bits per heavy atom. The Labute approximate surface area is 114 Å². The molecule has 0 aromatic carbocycles. The summed E-state index contributed by atoms with van der Waals surface area (Å²) in [6, 6.07) is 1.89. The molecule has 1 aromatic rings. The molecule has 5 heteroatoms. The number of hydrogen-bond donors (Lipinski definition) is 1. The molecule has 106 valence electrons. The number of nitrogens with zero attached hydrogens (tertiary/aromatic N) is 2. The highest BCUT2D eigenvalue weighted by Gasteiger charge is 2.16. The predicted molar refractivity (Wildman–Crippen MR) is 74.7 cm³/mol. The van der Waals surface area contributed by atoms with Crippen LogP contribution < -0.4 is 10.1 Å². The van der Waals surface area contributed by atoms with Crippen molar-refractivity contribution in [3.8, 4) is 5.88 Å². The smallest absolute Gasteiger partial charge is 0.219 e. The lowest BCUT2D eigenvalue weighted by atomic mass is 10.1. The second-order valence-corrected chi connectivity index (χ2v) is 4.72. The van der Waals surface area contributed by atoms with E-state index in [0.717, 1.165) is 57.1 Å². The molecule has 0 unspecified atom stereocenters. The topological polar surface area (TPSA) is 56.3 Å². The standard InChI is InChI=1S/C14H23N3O2/c1-3-7-15-13-10-14(17-12(4-2)16-13)19-11-5-8-18-9-6-11/h10-11H,3-9H2,1-2H3,(H,15,16,17). The molecule has 0 amide bonds. The first-order chi connectivity index (χ1) is 9.31. The minimum Gasteiger partial charge on any atom is -0.474 e. The normalized spacial score (nSPS) is 16.3. The average molecular weight is 265 g/mol. The van der Waals surface area contributed by atoms with Gasteiger partial charge in [-0.15, -0.1) is 0 Å². The molecule has 1 fully saturated rings. The van der Waals surface area contributed by atoms with Gasteiger partial charge in [0, 0.05) is 31.9 Å². The van der Waals surface area contributed by atoms with E-state index in [1.165, 1.54) is 0 Å². The molecule has 5 nitrogen and oxygen atoms in total. The van der Waals surface area contributed by atoms with E-state index in [4.69, 9.17) is 9.47 Å².